The molecule has 0 bridgehead atoms. The third-order valence-electron chi connectivity index (χ3n) is 2.68. The number of amides is 1. The van der Waals surface area contributed by atoms with E-state index in [2.05, 4.69) is 5.32 Å². The van der Waals surface area contributed by atoms with Gasteiger partial charge in [-0.25, -0.2) is 22.3 Å². The summed E-state index contributed by atoms with van der Waals surface area (Å²) in [7, 11) is -4.12. The molecule has 116 valence electrons. The number of carbonyl (C=O) groups excluding carboxylic acids is 1. The van der Waals surface area contributed by atoms with Crippen molar-refractivity contribution in [3.05, 3.63) is 58.6 Å². The summed E-state index contributed by atoms with van der Waals surface area (Å²) in [5, 5.41) is 6.95. The second-order valence-electron chi connectivity index (χ2n) is 4.27. The van der Waals surface area contributed by atoms with Crippen LogP contribution in [0.15, 0.2) is 41.3 Å². The van der Waals surface area contributed by atoms with Gasteiger partial charge in [-0.05, 0) is 30.3 Å². The molecule has 0 saturated heterocycles. The first-order chi connectivity index (χ1) is 10.2. The molecule has 0 saturated carbocycles. The first-order valence-corrected chi connectivity index (χ1v) is 7.69. The molecule has 0 aromatic heterocycles. The van der Waals surface area contributed by atoms with Crippen LogP contribution in [0.4, 0.5) is 14.5 Å². The van der Waals surface area contributed by atoms with Gasteiger partial charge in [0, 0.05) is 11.6 Å². The highest BCUT2D eigenvalue weighted by atomic mass is 35.5. The van der Waals surface area contributed by atoms with Gasteiger partial charge < -0.3 is 5.32 Å². The van der Waals surface area contributed by atoms with Crippen molar-refractivity contribution < 1.29 is 22.0 Å². The molecule has 0 aliphatic heterocycles. The number of benzene rings is 2. The molecule has 1 amide bonds. The Morgan fingerprint density at radius 3 is 2.45 bits per heavy atom. The van der Waals surface area contributed by atoms with E-state index in [0.717, 1.165) is 30.3 Å². The van der Waals surface area contributed by atoms with Gasteiger partial charge in [0.15, 0.2) is 0 Å². The van der Waals surface area contributed by atoms with Gasteiger partial charge in [0.1, 0.15) is 16.5 Å². The monoisotopic (exact) mass is 346 g/mol. The maximum Gasteiger partial charge on any atom is 0.255 e. The quantitative estimate of drug-likeness (QED) is 0.894. The highest BCUT2D eigenvalue weighted by Crippen LogP contribution is 2.23. The number of carbonyl (C=O) groups is 1. The number of nitrogens with two attached hydrogens (primary N) is 1. The maximum atomic E-state index is 13.5. The second kappa shape index (κ2) is 5.99. The standard InChI is InChI=1S/C13H9ClF2N2O3S/c14-9-3-1-7(5-12(9)22(17,20)21)13(19)18-11-6-8(15)2-4-10(11)16/h1-6H,(H,18,19)(H2,17,20,21). The summed E-state index contributed by atoms with van der Waals surface area (Å²) in [6.07, 6.45) is 0. The molecule has 0 heterocycles. The molecule has 0 aliphatic carbocycles. The highest BCUT2D eigenvalue weighted by molar-refractivity contribution is 7.89. The predicted octanol–water partition coefficient (Wildman–Crippen LogP) is 2.52. The summed E-state index contributed by atoms with van der Waals surface area (Å²) in [6.45, 7) is 0. The number of hydrogen-bond acceptors (Lipinski definition) is 3. The van der Waals surface area contributed by atoms with Crippen molar-refractivity contribution in [2.75, 3.05) is 5.32 Å². The largest absolute Gasteiger partial charge is 0.319 e. The minimum absolute atomic E-state index is 0.128. The van der Waals surface area contributed by atoms with Crippen LogP contribution in [0.5, 0.6) is 0 Å². The van der Waals surface area contributed by atoms with E-state index in [9.17, 15) is 22.0 Å². The smallest absolute Gasteiger partial charge is 0.255 e. The molecular weight excluding hydrogens is 338 g/mol. The summed E-state index contributed by atoms with van der Waals surface area (Å²) in [6, 6.07) is 5.88. The fraction of sp³-hybridized carbons (Fsp3) is 0. The Kier molecular flexibility index (Phi) is 4.45. The second-order valence-corrected chi connectivity index (χ2v) is 6.21. The third kappa shape index (κ3) is 3.59. The lowest BCUT2D eigenvalue weighted by Crippen LogP contribution is -2.16. The van der Waals surface area contributed by atoms with Gasteiger partial charge in [0.05, 0.1) is 10.7 Å². The molecule has 22 heavy (non-hydrogen) atoms. The normalized spacial score (nSPS) is 11.3. The SMILES string of the molecule is NS(=O)(=O)c1cc(C(=O)Nc2cc(F)ccc2F)ccc1Cl. The molecule has 0 aliphatic rings. The number of rotatable bonds is 3. The Bertz CT molecular complexity index is 856. The molecule has 2 aromatic rings. The van der Waals surface area contributed by atoms with Crippen LogP contribution in [0, 0.1) is 11.6 Å². The minimum atomic E-state index is -4.12. The molecule has 2 rings (SSSR count). The van der Waals surface area contributed by atoms with E-state index in [1.54, 1.807) is 0 Å². The van der Waals surface area contributed by atoms with Crippen molar-refractivity contribution in [3.63, 3.8) is 0 Å². The predicted molar refractivity (Wildman–Crippen MR) is 77.1 cm³/mol. The number of sulfonamides is 1. The molecule has 0 atom stereocenters. The number of primary sulfonamides is 1. The Labute approximate surface area is 129 Å². The first-order valence-electron chi connectivity index (χ1n) is 5.77. The molecule has 2 aromatic carbocycles. The molecule has 5 nitrogen and oxygen atoms in total. The van der Waals surface area contributed by atoms with Crippen LogP contribution >= 0.6 is 11.6 Å². The zero-order valence-corrected chi connectivity index (χ0v) is 12.4. The zero-order chi connectivity index (χ0) is 16.5. The van der Waals surface area contributed by atoms with Crippen LogP contribution in [0.1, 0.15) is 10.4 Å². The van der Waals surface area contributed by atoms with Crippen molar-refractivity contribution in [1.82, 2.24) is 0 Å². The molecule has 0 spiro atoms. The Balaban J connectivity index is 2.36. The van der Waals surface area contributed by atoms with Crippen molar-refractivity contribution >= 4 is 33.2 Å². The van der Waals surface area contributed by atoms with Gasteiger partial charge in [0.25, 0.3) is 5.91 Å². The lowest BCUT2D eigenvalue weighted by Gasteiger charge is -2.08. The summed E-state index contributed by atoms with van der Waals surface area (Å²) >= 11 is 5.69. The molecule has 0 fully saturated rings. The first kappa shape index (κ1) is 16.3. The van der Waals surface area contributed by atoms with Crippen LogP contribution in [0.25, 0.3) is 0 Å². The molecule has 0 unspecified atom stereocenters. The van der Waals surface area contributed by atoms with E-state index in [1.165, 1.54) is 6.07 Å². The molecule has 9 heteroatoms. The average molecular weight is 347 g/mol. The third-order valence-corrected chi connectivity index (χ3v) is 4.07. The van der Waals surface area contributed by atoms with Crippen molar-refractivity contribution in [1.29, 1.82) is 0 Å². The summed E-state index contributed by atoms with van der Waals surface area (Å²) in [5.41, 5.74) is -0.505. The van der Waals surface area contributed by atoms with E-state index in [-0.39, 0.29) is 16.3 Å². The van der Waals surface area contributed by atoms with E-state index in [4.69, 9.17) is 16.7 Å². The van der Waals surface area contributed by atoms with Crippen LogP contribution in [-0.2, 0) is 10.0 Å². The van der Waals surface area contributed by atoms with Gasteiger partial charge in [-0.15, -0.1) is 0 Å². The Hall–Kier alpha value is -2.03. The minimum Gasteiger partial charge on any atom is -0.319 e. The van der Waals surface area contributed by atoms with Crippen molar-refractivity contribution in [2.24, 2.45) is 5.14 Å². The van der Waals surface area contributed by atoms with Crippen molar-refractivity contribution in [2.45, 2.75) is 4.90 Å². The fourth-order valence-electron chi connectivity index (χ4n) is 1.65. The number of anilines is 1. The van der Waals surface area contributed by atoms with E-state index < -0.39 is 32.5 Å². The van der Waals surface area contributed by atoms with E-state index >= 15 is 0 Å². The zero-order valence-electron chi connectivity index (χ0n) is 10.8. The number of halogens is 3. The van der Waals surface area contributed by atoms with Gasteiger partial charge in [0.2, 0.25) is 10.0 Å². The maximum absolute atomic E-state index is 13.5. The summed E-state index contributed by atoms with van der Waals surface area (Å²) in [5.74, 6) is -2.42. The van der Waals surface area contributed by atoms with Crippen molar-refractivity contribution in [3.8, 4) is 0 Å². The molecule has 3 N–H and O–H groups in total. The Morgan fingerprint density at radius 2 is 1.82 bits per heavy atom. The lowest BCUT2D eigenvalue weighted by molar-refractivity contribution is 0.102. The van der Waals surface area contributed by atoms with Gasteiger partial charge in [-0.2, -0.15) is 0 Å². The highest BCUT2D eigenvalue weighted by Gasteiger charge is 2.17. The van der Waals surface area contributed by atoms with Crippen LogP contribution in [0.2, 0.25) is 5.02 Å². The Morgan fingerprint density at radius 1 is 1.14 bits per heavy atom. The summed E-state index contributed by atoms with van der Waals surface area (Å²) < 4.78 is 49.2. The average Bonchev–Trinajstić information content (AvgIpc) is 2.42. The van der Waals surface area contributed by atoms with Crippen LogP contribution in [-0.4, -0.2) is 14.3 Å². The van der Waals surface area contributed by atoms with Crippen LogP contribution in [0.3, 0.4) is 0 Å². The van der Waals surface area contributed by atoms with E-state index in [1.807, 2.05) is 0 Å². The topological polar surface area (TPSA) is 89.3 Å². The number of nitrogens with one attached hydrogen (secondary N) is 1. The fourth-order valence-corrected chi connectivity index (χ4v) is 2.72. The van der Waals surface area contributed by atoms with Gasteiger partial charge in [-0.3, -0.25) is 4.79 Å². The summed E-state index contributed by atoms with van der Waals surface area (Å²) in [4.78, 5) is 11.5. The van der Waals surface area contributed by atoms with E-state index in [0.29, 0.717) is 0 Å². The molecule has 0 radical (unpaired) electrons. The molecular formula is C13H9ClF2N2O3S. The number of hydrogen-bond donors (Lipinski definition) is 2. The lowest BCUT2D eigenvalue weighted by atomic mass is 10.2. The van der Waals surface area contributed by atoms with Crippen LogP contribution < -0.4 is 10.5 Å². The van der Waals surface area contributed by atoms with Gasteiger partial charge in [-0.1, -0.05) is 11.6 Å². The van der Waals surface area contributed by atoms with Gasteiger partial charge >= 0.3 is 0 Å².